The van der Waals surface area contributed by atoms with Gasteiger partial charge in [0.25, 0.3) is 0 Å². The van der Waals surface area contributed by atoms with Gasteiger partial charge in [0.15, 0.2) is 11.0 Å². The van der Waals surface area contributed by atoms with Gasteiger partial charge in [0.2, 0.25) is 5.91 Å². The Hall–Kier alpha value is -2.35. The van der Waals surface area contributed by atoms with Gasteiger partial charge in [-0.3, -0.25) is 4.79 Å². The van der Waals surface area contributed by atoms with Crippen LogP contribution in [0, 0.1) is 13.8 Å². The number of carbonyl (C=O) groups is 1. The number of hydrogen-bond donors (Lipinski definition) is 1. The topological polar surface area (TPSA) is 69.0 Å². The van der Waals surface area contributed by atoms with Crippen molar-refractivity contribution in [3.63, 3.8) is 0 Å². The Kier molecular flexibility index (Phi) is 8.12. The third-order valence-corrected chi connectivity index (χ3v) is 6.26. The van der Waals surface area contributed by atoms with E-state index in [0.29, 0.717) is 29.2 Å². The van der Waals surface area contributed by atoms with Gasteiger partial charge in [0, 0.05) is 31.5 Å². The summed E-state index contributed by atoms with van der Waals surface area (Å²) in [6, 6.07) is 13.5. The predicted octanol–water partition coefficient (Wildman–Crippen LogP) is 5.37. The Morgan fingerprint density at radius 3 is 2.71 bits per heavy atom. The van der Waals surface area contributed by atoms with E-state index < -0.39 is 0 Å². The molecule has 0 saturated carbocycles. The molecule has 0 aliphatic rings. The van der Waals surface area contributed by atoms with Crippen LogP contribution in [0.2, 0.25) is 5.02 Å². The quantitative estimate of drug-likeness (QED) is 0.344. The molecule has 0 bridgehead atoms. The molecule has 1 heterocycles. The van der Waals surface area contributed by atoms with Gasteiger partial charge >= 0.3 is 0 Å². The molecule has 6 nitrogen and oxygen atoms in total. The predicted molar refractivity (Wildman–Crippen MR) is 127 cm³/mol. The zero-order valence-corrected chi connectivity index (χ0v) is 19.8. The van der Waals surface area contributed by atoms with Gasteiger partial charge in [-0.1, -0.05) is 53.2 Å². The van der Waals surface area contributed by atoms with Crippen molar-refractivity contribution in [2.24, 2.45) is 0 Å². The van der Waals surface area contributed by atoms with E-state index in [0.717, 1.165) is 28.8 Å². The number of hydrogen-bond acceptors (Lipinski definition) is 5. The molecule has 0 radical (unpaired) electrons. The molecule has 0 aliphatic heterocycles. The monoisotopic (exact) mass is 458 g/mol. The van der Waals surface area contributed by atoms with Gasteiger partial charge < -0.3 is 14.6 Å². The van der Waals surface area contributed by atoms with Gasteiger partial charge in [0.05, 0.1) is 10.3 Å². The fourth-order valence-corrected chi connectivity index (χ4v) is 4.28. The van der Waals surface area contributed by atoms with E-state index in [-0.39, 0.29) is 11.2 Å². The number of carbonyl (C=O) groups excluding carboxylic acids is 1. The van der Waals surface area contributed by atoms with Crippen LogP contribution in [0.15, 0.2) is 47.6 Å². The number of methoxy groups -OCH3 is 1. The number of amides is 1. The summed E-state index contributed by atoms with van der Waals surface area (Å²) >= 11 is 7.78. The van der Waals surface area contributed by atoms with E-state index in [4.69, 9.17) is 16.3 Å². The Morgan fingerprint density at radius 2 is 2.00 bits per heavy atom. The number of halogens is 1. The van der Waals surface area contributed by atoms with E-state index >= 15 is 0 Å². The molecule has 8 heteroatoms. The van der Waals surface area contributed by atoms with E-state index in [1.54, 1.807) is 7.11 Å². The maximum atomic E-state index is 12.8. The second kappa shape index (κ2) is 10.8. The average Bonchev–Trinajstić information content (AvgIpc) is 3.12. The van der Waals surface area contributed by atoms with Crippen LogP contribution < -0.4 is 5.32 Å². The number of nitrogens with one attached hydrogen (secondary N) is 1. The SMILES string of the molecule is COCCCn1c(SC(C)C(=O)Nc2ccc(C)cc2C)nnc1-c1ccccc1Cl. The number of anilines is 1. The molecule has 2 aromatic carbocycles. The average molecular weight is 459 g/mol. The van der Waals surface area contributed by atoms with Crippen molar-refractivity contribution < 1.29 is 9.53 Å². The number of thioether (sulfide) groups is 1. The minimum atomic E-state index is -0.356. The lowest BCUT2D eigenvalue weighted by molar-refractivity contribution is -0.115. The maximum Gasteiger partial charge on any atom is 0.237 e. The molecule has 0 aliphatic carbocycles. The van der Waals surface area contributed by atoms with Gasteiger partial charge in [0.1, 0.15) is 0 Å². The fraction of sp³-hybridized carbons (Fsp3) is 0.348. The molecule has 0 saturated heterocycles. The van der Waals surface area contributed by atoms with Gasteiger partial charge in [-0.05, 0) is 51.0 Å². The highest BCUT2D eigenvalue weighted by Gasteiger charge is 2.22. The van der Waals surface area contributed by atoms with Crippen molar-refractivity contribution in [2.75, 3.05) is 19.0 Å². The van der Waals surface area contributed by atoms with Crippen molar-refractivity contribution >= 4 is 35.0 Å². The minimum Gasteiger partial charge on any atom is -0.385 e. The second-order valence-electron chi connectivity index (χ2n) is 7.35. The van der Waals surface area contributed by atoms with Gasteiger partial charge in [-0.15, -0.1) is 10.2 Å². The largest absolute Gasteiger partial charge is 0.385 e. The summed E-state index contributed by atoms with van der Waals surface area (Å²) in [6.45, 7) is 7.17. The summed E-state index contributed by atoms with van der Waals surface area (Å²) < 4.78 is 7.21. The van der Waals surface area contributed by atoms with Gasteiger partial charge in [-0.25, -0.2) is 0 Å². The molecule has 1 N–H and O–H groups in total. The van der Waals surface area contributed by atoms with E-state index in [9.17, 15) is 4.79 Å². The van der Waals surface area contributed by atoms with Crippen LogP contribution in [0.4, 0.5) is 5.69 Å². The number of ether oxygens (including phenoxy) is 1. The van der Waals surface area contributed by atoms with E-state index in [1.807, 2.05) is 61.7 Å². The smallest absolute Gasteiger partial charge is 0.237 e. The van der Waals surface area contributed by atoms with Crippen molar-refractivity contribution in [2.45, 2.75) is 44.1 Å². The molecule has 3 aromatic rings. The summed E-state index contributed by atoms with van der Waals surface area (Å²) in [4.78, 5) is 12.8. The maximum absolute atomic E-state index is 12.8. The van der Waals surface area contributed by atoms with Crippen LogP contribution in [-0.4, -0.2) is 39.6 Å². The number of rotatable bonds is 9. The van der Waals surface area contributed by atoms with Crippen molar-refractivity contribution in [1.29, 1.82) is 0 Å². The lowest BCUT2D eigenvalue weighted by Crippen LogP contribution is -2.23. The number of benzene rings is 2. The van der Waals surface area contributed by atoms with Crippen LogP contribution in [0.5, 0.6) is 0 Å². The molecule has 0 fully saturated rings. The first-order valence-electron chi connectivity index (χ1n) is 10.1. The zero-order chi connectivity index (χ0) is 22.4. The summed E-state index contributed by atoms with van der Waals surface area (Å²) in [6.07, 6.45) is 0.794. The lowest BCUT2D eigenvalue weighted by Gasteiger charge is -2.15. The van der Waals surface area contributed by atoms with Crippen molar-refractivity contribution in [3.8, 4) is 11.4 Å². The molecule has 0 spiro atoms. The Balaban J connectivity index is 1.80. The number of nitrogens with zero attached hydrogens (tertiary/aromatic N) is 3. The van der Waals surface area contributed by atoms with Crippen molar-refractivity contribution in [3.05, 3.63) is 58.6 Å². The first-order valence-corrected chi connectivity index (χ1v) is 11.4. The molecule has 1 unspecified atom stereocenters. The van der Waals surface area contributed by atoms with Crippen LogP contribution >= 0.6 is 23.4 Å². The first-order chi connectivity index (χ1) is 14.9. The Labute approximate surface area is 192 Å². The Morgan fingerprint density at radius 1 is 1.23 bits per heavy atom. The molecule has 3 rings (SSSR count). The highest BCUT2D eigenvalue weighted by molar-refractivity contribution is 8.00. The highest BCUT2D eigenvalue weighted by Crippen LogP contribution is 2.31. The third-order valence-electron chi connectivity index (χ3n) is 4.85. The van der Waals surface area contributed by atoms with Crippen LogP contribution in [0.25, 0.3) is 11.4 Å². The lowest BCUT2D eigenvalue weighted by atomic mass is 10.1. The summed E-state index contributed by atoms with van der Waals surface area (Å²) in [7, 11) is 1.68. The van der Waals surface area contributed by atoms with E-state index in [1.165, 1.54) is 11.8 Å². The molecule has 31 heavy (non-hydrogen) atoms. The molecular weight excluding hydrogens is 432 g/mol. The standard InChI is InChI=1S/C23H27ClN4O2S/c1-15-10-11-20(16(2)14-15)25-22(29)17(3)31-23-27-26-21(28(23)12-7-13-30-4)18-8-5-6-9-19(18)24/h5-6,8-11,14,17H,7,12-13H2,1-4H3,(H,25,29). The van der Waals surface area contributed by atoms with Crippen LogP contribution in [0.1, 0.15) is 24.5 Å². The summed E-state index contributed by atoms with van der Waals surface area (Å²) in [5, 5.41) is 12.7. The molecule has 1 amide bonds. The Bertz CT molecular complexity index is 1050. The summed E-state index contributed by atoms with van der Waals surface area (Å²) in [5.74, 6) is 0.605. The minimum absolute atomic E-state index is 0.0808. The molecule has 1 aromatic heterocycles. The van der Waals surface area contributed by atoms with Gasteiger partial charge in [-0.2, -0.15) is 0 Å². The van der Waals surface area contributed by atoms with Crippen LogP contribution in [-0.2, 0) is 16.1 Å². The fourth-order valence-electron chi connectivity index (χ4n) is 3.19. The molecule has 1 atom stereocenters. The van der Waals surface area contributed by atoms with Crippen molar-refractivity contribution in [1.82, 2.24) is 14.8 Å². The summed E-state index contributed by atoms with van der Waals surface area (Å²) in [5.41, 5.74) is 3.83. The second-order valence-corrected chi connectivity index (χ2v) is 9.07. The molecule has 164 valence electrons. The number of aromatic nitrogens is 3. The normalized spacial score (nSPS) is 12.0. The first kappa shape index (κ1) is 23.3. The zero-order valence-electron chi connectivity index (χ0n) is 18.2. The van der Waals surface area contributed by atoms with Crippen LogP contribution in [0.3, 0.4) is 0 Å². The molecular formula is C23H27ClN4O2S. The highest BCUT2D eigenvalue weighted by atomic mass is 35.5. The number of aryl methyl sites for hydroxylation is 2. The van der Waals surface area contributed by atoms with E-state index in [2.05, 4.69) is 21.6 Å². The third kappa shape index (κ3) is 5.87.